The highest BCUT2D eigenvalue weighted by molar-refractivity contribution is 6.53. The van der Waals surface area contributed by atoms with Gasteiger partial charge in [0, 0.05) is 25.9 Å². The molecule has 208 valence electrons. The summed E-state index contributed by atoms with van der Waals surface area (Å²) in [5, 5.41) is 19.3. The molecule has 2 aliphatic carbocycles. The third kappa shape index (κ3) is 3.78. The number of amides is 4. The number of halogens is 2. The Hall–Kier alpha value is -3.11. The number of carbonyl (C=O) groups excluding carboxylic acids is 4. The van der Waals surface area contributed by atoms with E-state index in [1.807, 2.05) is 6.08 Å². The van der Waals surface area contributed by atoms with Crippen molar-refractivity contribution in [3.05, 3.63) is 35.4 Å². The number of likely N-dealkylation sites (tertiary alicyclic amines) is 2. The van der Waals surface area contributed by atoms with E-state index in [4.69, 9.17) is 33.0 Å². The molecule has 4 aliphatic rings. The normalized spacial score (nSPS) is 33.6. The summed E-state index contributed by atoms with van der Waals surface area (Å²) in [7, 11) is 1.31. The summed E-state index contributed by atoms with van der Waals surface area (Å²) >= 11 is 14.2. The first kappa shape index (κ1) is 27.5. The number of hydrogen-bond donors (Lipinski definition) is 2. The summed E-state index contributed by atoms with van der Waals surface area (Å²) in [4.78, 5) is 63.1. The van der Waals surface area contributed by atoms with Crippen LogP contribution in [0.25, 0.3) is 0 Å². The first-order chi connectivity index (χ1) is 18.4. The second-order valence-electron chi connectivity index (χ2n) is 10.5. The molecule has 5 rings (SSSR count). The third-order valence-corrected chi connectivity index (χ3v) is 9.91. The van der Waals surface area contributed by atoms with Crippen LogP contribution in [-0.4, -0.2) is 79.6 Å². The lowest BCUT2D eigenvalue weighted by atomic mass is 9.56. The molecular weight excluding hydrogens is 551 g/mol. The maximum absolute atomic E-state index is 13.6. The van der Waals surface area contributed by atoms with Crippen molar-refractivity contribution in [3.8, 4) is 11.5 Å². The maximum atomic E-state index is 13.6. The number of aromatic hydroxyl groups is 1. The van der Waals surface area contributed by atoms with Gasteiger partial charge in [-0.05, 0) is 49.8 Å². The maximum Gasteiger partial charge on any atom is 0.303 e. The van der Waals surface area contributed by atoms with E-state index in [-0.39, 0.29) is 56.2 Å². The Morgan fingerprint density at radius 2 is 1.85 bits per heavy atom. The van der Waals surface area contributed by atoms with Crippen molar-refractivity contribution in [2.24, 2.45) is 17.8 Å². The van der Waals surface area contributed by atoms with E-state index in [9.17, 15) is 29.1 Å². The Kier molecular flexibility index (Phi) is 6.70. The largest absolute Gasteiger partial charge is 0.504 e. The number of carbonyl (C=O) groups is 5. The highest BCUT2D eigenvalue weighted by atomic mass is 35.5. The van der Waals surface area contributed by atoms with Crippen molar-refractivity contribution in [1.82, 2.24) is 9.80 Å². The monoisotopic (exact) mass is 578 g/mol. The number of hydrogen-bond acceptors (Lipinski definition) is 7. The van der Waals surface area contributed by atoms with E-state index in [0.717, 1.165) is 9.80 Å². The summed E-state index contributed by atoms with van der Waals surface area (Å²) in [6.45, 7) is 1.99. The van der Waals surface area contributed by atoms with E-state index in [1.54, 1.807) is 19.1 Å². The van der Waals surface area contributed by atoms with Gasteiger partial charge >= 0.3 is 5.97 Å². The highest BCUT2D eigenvalue weighted by Crippen LogP contribution is 2.65. The second-order valence-corrected chi connectivity index (χ2v) is 11.7. The zero-order valence-electron chi connectivity index (χ0n) is 21.4. The predicted octanol–water partition coefficient (Wildman–Crippen LogP) is 2.64. The van der Waals surface area contributed by atoms with Gasteiger partial charge in [0.2, 0.25) is 11.8 Å². The van der Waals surface area contributed by atoms with Gasteiger partial charge in [0.05, 0.1) is 18.4 Å². The first-order valence-corrected chi connectivity index (χ1v) is 13.6. The average Bonchev–Trinajstić information content (AvgIpc) is 3.20. The van der Waals surface area contributed by atoms with Gasteiger partial charge in [-0.15, -0.1) is 23.2 Å². The molecule has 1 aromatic carbocycles. The Balaban J connectivity index is 1.62. The molecule has 2 heterocycles. The number of ether oxygens (including phenoxy) is 1. The van der Waals surface area contributed by atoms with Crippen LogP contribution < -0.4 is 4.74 Å². The van der Waals surface area contributed by atoms with Crippen LogP contribution in [0.2, 0.25) is 0 Å². The zero-order chi connectivity index (χ0) is 28.4. The Morgan fingerprint density at radius 3 is 2.51 bits per heavy atom. The topological polar surface area (TPSA) is 142 Å². The summed E-state index contributed by atoms with van der Waals surface area (Å²) in [6.07, 6.45) is 1.83. The third-order valence-electron chi connectivity index (χ3n) is 8.49. The van der Waals surface area contributed by atoms with E-state index in [0.29, 0.717) is 11.1 Å². The van der Waals surface area contributed by atoms with Gasteiger partial charge in [-0.3, -0.25) is 33.8 Å². The fourth-order valence-corrected chi connectivity index (χ4v) is 7.79. The van der Waals surface area contributed by atoms with Crippen molar-refractivity contribution in [1.29, 1.82) is 0 Å². The number of aliphatic carboxylic acids is 1. The SMILES string of the molecule is CCOc1cc(C2C3=CCC4C(=O)N(CCCC(=O)O)C(=O)C4C3CC3(Cl)C(=O)N(C)C(=O)C23Cl)ccc1O. The first-order valence-electron chi connectivity index (χ1n) is 12.8. The molecule has 0 spiro atoms. The van der Waals surface area contributed by atoms with Gasteiger partial charge in [0.15, 0.2) is 21.2 Å². The number of nitrogens with zero attached hydrogens (tertiary/aromatic N) is 2. The molecule has 0 bridgehead atoms. The lowest BCUT2D eigenvalue weighted by Gasteiger charge is -2.50. The van der Waals surface area contributed by atoms with E-state index >= 15 is 0 Å². The minimum atomic E-state index is -1.93. The van der Waals surface area contributed by atoms with Crippen LogP contribution in [0.5, 0.6) is 11.5 Å². The van der Waals surface area contributed by atoms with Gasteiger partial charge < -0.3 is 14.9 Å². The van der Waals surface area contributed by atoms with Gasteiger partial charge in [-0.2, -0.15) is 0 Å². The molecule has 10 nitrogen and oxygen atoms in total. The number of rotatable bonds is 7. The van der Waals surface area contributed by atoms with Gasteiger partial charge in [-0.25, -0.2) is 0 Å². The number of imide groups is 2. The zero-order valence-corrected chi connectivity index (χ0v) is 22.9. The van der Waals surface area contributed by atoms with E-state index < -0.39 is 57.1 Å². The van der Waals surface area contributed by atoms with Crippen LogP contribution >= 0.6 is 23.2 Å². The molecule has 2 aliphatic heterocycles. The summed E-state index contributed by atoms with van der Waals surface area (Å²) in [6, 6.07) is 4.54. The van der Waals surface area contributed by atoms with Crippen LogP contribution in [0.3, 0.4) is 0 Å². The highest BCUT2D eigenvalue weighted by Gasteiger charge is 2.75. The molecule has 3 fully saturated rings. The molecule has 12 heteroatoms. The van der Waals surface area contributed by atoms with Gasteiger partial charge in [0.1, 0.15) is 0 Å². The molecule has 4 amide bonds. The summed E-state index contributed by atoms with van der Waals surface area (Å²) < 4.78 is 5.56. The molecule has 1 aromatic rings. The Morgan fingerprint density at radius 1 is 1.13 bits per heavy atom. The van der Waals surface area contributed by atoms with Crippen LogP contribution in [0, 0.1) is 17.8 Å². The molecule has 1 saturated carbocycles. The molecule has 0 aromatic heterocycles. The van der Waals surface area contributed by atoms with Gasteiger partial charge in [-0.1, -0.05) is 17.7 Å². The quantitative estimate of drug-likeness (QED) is 0.285. The van der Waals surface area contributed by atoms with Crippen LogP contribution in [0.1, 0.15) is 44.1 Å². The number of alkyl halides is 2. The van der Waals surface area contributed by atoms with Crippen LogP contribution in [-0.2, 0) is 24.0 Å². The number of benzene rings is 1. The van der Waals surface area contributed by atoms with Crippen molar-refractivity contribution < 1.29 is 38.9 Å². The number of phenols is 1. The molecule has 6 unspecified atom stereocenters. The summed E-state index contributed by atoms with van der Waals surface area (Å²) in [5.41, 5.74) is 1.10. The fourth-order valence-electron chi connectivity index (χ4n) is 6.77. The number of allylic oxidation sites excluding steroid dienone is 2. The molecular formula is C27H28Cl2N2O8. The smallest absolute Gasteiger partial charge is 0.303 e. The standard InChI is InChI=1S/C27H28Cl2N2O8/c1-3-39-18-11-13(6-9-17(18)32)21-14-7-8-15-20(23(36)31(22(15)35)10-4-5-19(33)34)16(14)12-26(28)24(37)30(2)25(38)27(21,26)29/h6-7,9,11,15-16,20-21,32H,3-5,8,10,12H2,1-2H3,(H,33,34). The van der Waals surface area contributed by atoms with Crippen molar-refractivity contribution in [2.75, 3.05) is 20.2 Å². The predicted molar refractivity (Wildman–Crippen MR) is 138 cm³/mol. The molecule has 2 N–H and O–H groups in total. The van der Waals surface area contributed by atoms with Crippen molar-refractivity contribution in [3.63, 3.8) is 0 Å². The fraction of sp³-hybridized carbons (Fsp3) is 0.519. The number of carboxylic acid groups (broad SMARTS) is 1. The van der Waals surface area contributed by atoms with Crippen molar-refractivity contribution in [2.45, 2.75) is 48.3 Å². The number of carboxylic acids is 1. The summed E-state index contributed by atoms with van der Waals surface area (Å²) in [5.74, 6) is -6.34. The molecule has 0 radical (unpaired) electrons. The van der Waals surface area contributed by atoms with Crippen molar-refractivity contribution >= 4 is 52.8 Å². The van der Waals surface area contributed by atoms with Crippen LogP contribution in [0.15, 0.2) is 29.8 Å². The Labute approximate surface area is 234 Å². The average molecular weight is 579 g/mol. The van der Waals surface area contributed by atoms with E-state index in [1.165, 1.54) is 13.1 Å². The Bertz CT molecular complexity index is 1330. The molecule has 6 atom stereocenters. The molecule has 2 saturated heterocycles. The van der Waals surface area contributed by atoms with E-state index in [2.05, 4.69) is 0 Å². The number of fused-ring (bicyclic) bond motifs is 4. The number of phenolic OH excluding ortho intramolecular Hbond substituents is 1. The van der Waals surface area contributed by atoms with Crippen LogP contribution in [0.4, 0.5) is 0 Å². The van der Waals surface area contributed by atoms with Gasteiger partial charge in [0.25, 0.3) is 11.8 Å². The second kappa shape index (κ2) is 9.52. The minimum Gasteiger partial charge on any atom is -0.504 e. The minimum absolute atomic E-state index is 0.0241. The lowest BCUT2D eigenvalue weighted by Crippen LogP contribution is -2.60. The molecule has 39 heavy (non-hydrogen) atoms. The lowest BCUT2D eigenvalue weighted by molar-refractivity contribution is -0.142.